The molecule has 2 heterocycles. The van der Waals surface area contributed by atoms with Gasteiger partial charge in [-0.25, -0.2) is 4.98 Å². The molecule has 1 saturated heterocycles. The van der Waals surface area contributed by atoms with Crippen LogP contribution in [-0.2, 0) is 16.0 Å². The van der Waals surface area contributed by atoms with Gasteiger partial charge in [-0.3, -0.25) is 4.79 Å². The first-order chi connectivity index (χ1) is 8.69. The van der Waals surface area contributed by atoms with Gasteiger partial charge in [-0.2, -0.15) is 0 Å². The quantitative estimate of drug-likeness (QED) is 0.883. The first kappa shape index (κ1) is 13.3. The smallest absolute Gasteiger partial charge is 0.303 e. The third-order valence-electron chi connectivity index (χ3n) is 3.00. The highest BCUT2D eigenvalue weighted by Crippen LogP contribution is 2.23. The van der Waals surface area contributed by atoms with E-state index in [2.05, 4.69) is 16.8 Å². The Bertz CT molecular complexity index is 408. The number of ether oxygens (including phenoxy) is 1. The van der Waals surface area contributed by atoms with E-state index in [1.165, 1.54) is 0 Å². The van der Waals surface area contributed by atoms with Crippen LogP contribution in [-0.4, -0.2) is 41.9 Å². The molecule has 0 bridgehead atoms. The van der Waals surface area contributed by atoms with Gasteiger partial charge in [0.2, 0.25) is 0 Å². The summed E-state index contributed by atoms with van der Waals surface area (Å²) in [6.07, 6.45) is 1.94. The van der Waals surface area contributed by atoms with Crippen LogP contribution in [0.4, 0.5) is 5.13 Å². The van der Waals surface area contributed by atoms with Crippen molar-refractivity contribution in [3.8, 4) is 0 Å². The fraction of sp³-hybridized carbons (Fsp3) is 0.667. The highest BCUT2D eigenvalue weighted by molar-refractivity contribution is 7.13. The van der Waals surface area contributed by atoms with Crippen molar-refractivity contribution in [3.05, 3.63) is 11.1 Å². The third kappa shape index (κ3) is 3.43. The largest absolute Gasteiger partial charge is 0.481 e. The summed E-state index contributed by atoms with van der Waals surface area (Å²) in [5.41, 5.74) is 0.872. The molecule has 0 amide bonds. The molecule has 1 aliphatic heterocycles. The topological polar surface area (TPSA) is 62.7 Å². The van der Waals surface area contributed by atoms with E-state index >= 15 is 0 Å². The summed E-state index contributed by atoms with van der Waals surface area (Å²) in [6.45, 7) is 4.60. The van der Waals surface area contributed by atoms with Crippen LogP contribution in [0.15, 0.2) is 5.38 Å². The summed E-state index contributed by atoms with van der Waals surface area (Å²) in [5.74, 6) is -0.776. The number of aromatic nitrogens is 1. The van der Waals surface area contributed by atoms with Crippen molar-refractivity contribution in [2.24, 2.45) is 0 Å². The lowest BCUT2D eigenvalue weighted by atomic mass is 10.2. The lowest BCUT2D eigenvalue weighted by Crippen LogP contribution is -2.42. The Morgan fingerprint density at radius 3 is 3.28 bits per heavy atom. The second-order valence-corrected chi connectivity index (χ2v) is 5.20. The van der Waals surface area contributed by atoms with Gasteiger partial charge in [0.15, 0.2) is 5.13 Å². The number of hydrogen-bond acceptors (Lipinski definition) is 5. The number of thiazole rings is 1. The van der Waals surface area contributed by atoms with E-state index in [9.17, 15) is 4.79 Å². The minimum Gasteiger partial charge on any atom is -0.481 e. The van der Waals surface area contributed by atoms with Crippen LogP contribution in [0.1, 0.15) is 25.5 Å². The third-order valence-corrected chi connectivity index (χ3v) is 3.95. The van der Waals surface area contributed by atoms with E-state index in [0.29, 0.717) is 6.42 Å². The van der Waals surface area contributed by atoms with E-state index in [-0.39, 0.29) is 12.5 Å². The molecule has 0 spiro atoms. The van der Waals surface area contributed by atoms with E-state index in [0.717, 1.165) is 36.9 Å². The predicted molar refractivity (Wildman–Crippen MR) is 70.3 cm³/mol. The van der Waals surface area contributed by atoms with Gasteiger partial charge in [0.25, 0.3) is 0 Å². The summed E-state index contributed by atoms with van der Waals surface area (Å²) in [4.78, 5) is 17.2. The average molecular weight is 270 g/mol. The molecule has 1 N–H and O–H groups in total. The standard InChI is InChI=1S/C12H18N2O3S/c1-2-10-7-14(5-6-17-10)12-13-9(8-18-12)3-4-11(15)16/h8,10H,2-7H2,1H3,(H,15,16). The number of rotatable bonds is 5. The first-order valence-corrected chi connectivity index (χ1v) is 7.09. The number of nitrogens with zero attached hydrogens (tertiary/aromatic N) is 2. The van der Waals surface area contributed by atoms with Gasteiger partial charge in [-0.1, -0.05) is 6.92 Å². The number of aliphatic carboxylic acids is 1. The SMILES string of the molecule is CCC1CN(c2nc(CCC(=O)O)cs2)CCO1. The minimum atomic E-state index is -0.776. The Hall–Kier alpha value is -1.14. The van der Waals surface area contributed by atoms with Crippen LogP contribution in [0.5, 0.6) is 0 Å². The molecule has 0 radical (unpaired) electrons. The fourth-order valence-electron chi connectivity index (χ4n) is 1.93. The molecule has 1 atom stereocenters. The molecule has 5 nitrogen and oxygen atoms in total. The van der Waals surface area contributed by atoms with Crippen LogP contribution in [0.25, 0.3) is 0 Å². The van der Waals surface area contributed by atoms with Crippen LogP contribution in [0.3, 0.4) is 0 Å². The fourth-order valence-corrected chi connectivity index (χ4v) is 2.83. The number of hydrogen-bond donors (Lipinski definition) is 1. The van der Waals surface area contributed by atoms with E-state index in [1.54, 1.807) is 11.3 Å². The summed E-state index contributed by atoms with van der Waals surface area (Å²) in [7, 11) is 0. The van der Waals surface area contributed by atoms with Crippen molar-refractivity contribution in [3.63, 3.8) is 0 Å². The highest BCUT2D eigenvalue weighted by Gasteiger charge is 2.21. The maximum Gasteiger partial charge on any atom is 0.303 e. The number of carbonyl (C=O) groups is 1. The molecule has 0 aliphatic carbocycles. The Morgan fingerprint density at radius 1 is 1.72 bits per heavy atom. The zero-order chi connectivity index (χ0) is 13.0. The summed E-state index contributed by atoms with van der Waals surface area (Å²) < 4.78 is 5.62. The molecule has 1 aromatic rings. The summed E-state index contributed by atoms with van der Waals surface area (Å²) in [5, 5.41) is 11.6. The second-order valence-electron chi connectivity index (χ2n) is 4.36. The molecule has 2 rings (SSSR count). The van der Waals surface area contributed by atoms with Gasteiger partial charge in [-0.05, 0) is 6.42 Å². The Balaban J connectivity index is 1.94. The maximum absolute atomic E-state index is 10.5. The van der Waals surface area contributed by atoms with Gasteiger partial charge in [0.05, 0.1) is 24.8 Å². The first-order valence-electron chi connectivity index (χ1n) is 6.21. The molecule has 0 aromatic carbocycles. The Labute approximate surface area is 110 Å². The number of morpholine rings is 1. The van der Waals surface area contributed by atoms with Crippen LogP contribution >= 0.6 is 11.3 Å². The molecule has 1 fully saturated rings. The molecule has 1 aromatic heterocycles. The second kappa shape index (κ2) is 6.15. The molecule has 100 valence electrons. The van der Waals surface area contributed by atoms with Crippen molar-refractivity contribution < 1.29 is 14.6 Å². The summed E-state index contributed by atoms with van der Waals surface area (Å²) >= 11 is 1.59. The van der Waals surface area contributed by atoms with Crippen molar-refractivity contribution in [2.45, 2.75) is 32.3 Å². The minimum absolute atomic E-state index is 0.143. The Kier molecular flexibility index (Phi) is 4.54. The van der Waals surface area contributed by atoms with Crippen molar-refractivity contribution in [2.75, 3.05) is 24.6 Å². The number of carboxylic acid groups (broad SMARTS) is 1. The summed E-state index contributed by atoms with van der Waals surface area (Å²) in [6, 6.07) is 0. The zero-order valence-electron chi connectivity index (χ0n) is 10.5. The molecule has 1 aliphatic rings. The van der Waals surface area contributed by atoms with Crippen molar-refractivity contribution in [1.82, 2.24) is 4.98 Å². The number of aryl methyl sites for hydroxylation is 1. The van der Waals surface area contributed by atoms with Gasteiger partial charge in [0, 0.05) is 24.9 Å². The van der Waals surface area contributed by atoms with E-state index in [4.69, 9.17) is 9.84 Å². The maximum atomic E-state index is 10.5. The molecule has 6 heteroatoms. The zero-order valence-corrected chi connectivity index (χ0v) is 11.3. The Morgan fingerprint density at radius 2 is 2.56 bits per heavy atom. The lowest BCUT2D eigenvalue weighted by molar-refractivity contribution is -0.136. The molecular weight excluding hydrogens is 252 g/mol. The number of anilines is 1. The molecular formula is C12H18N2O3S. The van der Waals surface area contributed by atoms with Crippen LogP contribution in [0.2, 0.25) is 0 Å². The van der Waals surface area contributed by atoms with Gasteiger partial charge < -0.3 is 14.7 Å². The number of carboxylic acids is 1. The molecule has 18 heavy (non-hydrogen) atoms. The highest BCUT2D eigenvalue weighted by atomic mass is 32.1. The predicted octanol–water partition coefficient (Wildman–Crippen LogP) is 1.78. The molecule has 0 saturated carbocycles. The van der Waals surface area contributed by atoms with Crippen LogP contribution < -0.4 is 4.90 Å². The van der Waals surface area contributed by atoms with Gasteiger partial charge >= 0.3 is 5.97 Å². The van der Waals surface area contributed by atoms with Crippen molar-refractivity contribution in [1.29, 1.82) is 0 Å². The molecule has 1 unspecified atom stereocenters. The van der Waals surface area contributed by atoms with Crippen molar-refractivity contribution >= 4 is 22.4 Å². The van der Waals surface area contributed by atoms with E-state index in [1.807, 2.05) is 5.38 Å². The monoisotopic (exact) mass is 270 g/mol. The van der Waals surface area contributed by atoms with E-state index < -0.39 is 5.97 Å². The van der Waals surface area contributed by atoms with Crippen LogP contribution in [0, 0.1) is 0 Å². The average Bonchev–Trinajstić information content (AvgIpc) is 2.85. The van der Waals surface area contributed by atoms with Gasteiger partial charge in [0.1, 0.15) is 0 Å². The van der Waals surface area contributed by atoms with Gasteiger partial charge in [-0.15, -0.1) is 11.3 Å². The lowest BCUT2D eigenvalue weighted by Gasteiger charge is -2.32. The normalized spacial score (nSPS) is 20.1.